The molecule has 1 heterocycles. The van der Waals surface area contributed by atoms with E-state index in [2.05, 4.69) is 42.3 Å². The van der Waals surface area contributed by atoms with Crippen molar-refractivity contribution in [2.75, 3.05) is 17.3 Å². The van der Waals surface area contributed by atoms with Gasteiger partial charge in [0.15, 0.2) is 5.16 Å². The summed E-state index contributed by atoms with van der Waals surface area (Å²) < 4.78 is 2.04. The second-order valence-corrected chi connectivity index (χ2v) is 7.76. The maximum absolute atomic E-state index is 12.3. The smallest absolute Gasteiger partial charge is 0.234 e. The van der Waals surface area contributed by atoms with Gasteiger partial charge in [-0.25, -0.2) is 4.98 Å². The molecule has 2 aromatic carbocycles. The first-order valence-electron chi connectivity index (χ1n) is 8.24. The van der Waals surface area contributed by atoms with Crippen molar-refractivity contribution in [1.29, 1.82) is 0 Å². The summed E-state index contributed by atoms with van der Waals surface area (Å²) in [6, 6.07) is 14.2. The van der Waals surface area contributed by atoms with Crippen LogP contribution in [-0.4, -0.2) is 27.5 Å². The maximum Gasteiger partial charge on any atom is 0.234 e. The van der Waals surface area contributed by atoms with Gasteiger partial charge in [-0.15, -0.1) is 11.8 Å². The van der Waals surface area contributed by atoms with Gasteiger partial charge >= 0.3 is 0 Å². The highest BCUT2D eigenvalue weighted by Crippen LogP contribution is 2.24. The average Bonchev–Trinajstić information content (AvgIpc) is 3.11. The normalized spacial score (nSPS) is 10.7. The minimum Gasteiger partial charge on any atom is -0.325 e. The predicted octanol–water partition coefficient (Wildman–Crippen LogP) is 4.94. The molecule has 0 unspecified atom stereocenters. The van der Waals surface area contributed by atoms with Gasteiger partial charge in [0.1, 0.15) is 0 Å². The third-order valence-electron chi connectivity index (χ3n) is 3.94. The number of carbonyl (C=O) groups is 1. The molecular weight excluding hydrogens is 362 g/mol. The number of benzene rings is 2. The number of aryl methyl sites for hydroxylation is 2. The second-order valence-electron chi connectivity index (χ2n) is 5.94. The summed E-state index contributed by atoms with van der Waals surface area (Å²) in [5.41, 5.74) is 4.28. The number of amides is 1. The molecule has 0 aliphatic carbocycles. The van der Waals surface area contributed by atoms with Crippen molar-refractivity contribution in [2.45, 2.75) is 23.9 Å². The molecule has 0 atom stereocenters. The van der Waals surface area contributed by atoms with Crippen molar-refractivity contribution in [3.05, 3.63) is 66.0 Å². The Labute approximate surface area is 162 Å². The number of rotatable bonds is 6. The summed E-state index contributed by atoms with van der Waals surface area (Å²) in [5, 5.41) is 3.74. The highest BCUT2D eigenvalue weighted by atomic mass is 32.2. The maximum atomic E-state index is 12.3. The summed E-state index contributed by atoms with van der Waals surface area (Å²) in [6.07, 6.45) is 5.73. The van der Waals surface area contributed by atoms with Gasteiger partial charge in [-0.3, -0.25) is 9.36 Å². The molecule has 1 aromatic heterocycles. The molecule has 3 aromatic rings. The van der Waals surface area contributed by atoms with Crippen LogP contribution in [0.5, 0.6) is 0 Å². The van der Waals surface area contributed by atoms with Gasteiger partial charge in [0.25, 0.3) is 0 Å². The molecule has 0 aliphatic heterocycles. The van der Waals surface area contributed by atoms with Crippen LogP contribution in [0.15, 0.2) is 64.9 Å². The van der Waals surface area contributed by atoms with Crippen LogP contribution < -0.4 is 5.32 Å². The van der Waals surface area contributed by atoms with Gasteiger partial charge < -0.3 is 5.32 Å². The quantitative estimate of drug-likeness (QED) is 0.612. The van der Waals surface area contributed by atoms with Gasteiger partial charge in [-0.05, 0) is 61.6 Å². The molecule has 0 spiro atoms. The molecule has 0 bridgehead atoms. The molecule has 26 heavy (non-hydrogen) atoms. The van der Waals surface area contributed by atoms with Crippen LogP contribution in [0.3, 0.4) is 0 Å². The zero-order valence-electron chi connectivity index (χ0n) is 15.0. The number of nitrogens with one attached hydrogen (secondary N) is 1. The number of hydrogen-bond acceptors (Lipinski definition) is 4. The van der Waals surface area contributed by atoms with Gasteiger partial charge in [0, 0.05) is 23.0 Å². The number of nitrogens with zero attached hydrogens (tertiary/aromatic N) is 2. The van der Waals surface area contributed by atoms with Crippen molar-refractivity contribution in [3.8, 4) is 5.69 Å². The molecule has 134 valence electrons. The highest BCUT2D eigenvalue weighted by molar-refractivity contribution is 7.99. The first-order valence-corrected chi connectivity index (χ1v) is 10.5. The lowest BCUT2D eigenvalue weighted by Gasteiger charge is -2.11. The Balaban J connectivity index is 1.66. The zero-order chi connectivity index (χ0) is 18.5. The number of imidazole rings is 1. The number of anilines is 1. The van der Waals surface area contributed by atoms with Crippen LogP contribution in [0.2, 0.25) is 0 Å². The first-order chi connectivity index (χ1) is 12.6. The fourth-order valence-corrected chi connectivity index (χ4v) is 3.73. The lowest BCUT2D eigenvalue weighted by Crippen LogP contribution is -2.14. The van der Waals surface area contributed by atoms with E-state index >= 15 is 0 Å². The number of hydrogen-bond donors (Lipinski definition) is 1. The van der Waals surface area contributed by atoms with E-state index in [1.165, 1.54) is 27.8 Å². The van der Waals surface area contributed by atoms with Gasteiger partial charge in [-0.1, -0.05) is 23.9 Å². The molecule has 1 amide bonds. The van der Waals surface area contributed by atoms with Crippen LogP contribution in [-0.2, 0) is 4.79 Å². The monoisotopic (exact) mass is 383 g/mol. The summed E-state index contributed by atoms with van der Waals surface area (Å²) >= 11 is 3.11. The van der Waals surface area contributed by atoms with E-state index in [0.717, 1.165) is 16.5 Å². The molecule has 0 saturated carbocycles. The third-order valence-corrected chi connectivity index (χ3v) is 5.65. The molecule has 0 saturated heterocycles. The van der Waals surface area contributed by atoms with Crippen LogP contribution in [0, 0.1) is 13.8 Å². The lowest BCUT2D eigenvalue weighted by molar-refractivity contribution is -0.113. The second kappa shape index (κ2) is 8.47. The Morgan fingerprint density at radius 3 is 2.65 bits per heavy atom. The largest absolute Gasteiger partial charge is 0.325 e. The molecular formula is C20H21N3OS2. The standard InChI is InChI=1S/C20H21N3OS2/c1-14-4-5-15(2)18(12-14)23-11-10-21-20(23)26-13-19(24)22-16-6-8-17(25-3)9-7-16/h4-12H,13H2,1-3H3,(H,22,24). The van der Waals surface area contributed by atoms with E-state index in [9.17, 15) is 4.79 Å². The van der Waals surface area contributed by atoms with Crippen molar-refractivity contribution in [2.24, 2.45) is 0 Å². The van der Waals surface area contributed by atoms with Gasteiger partial charge in [-0.2, -0.15) is 0 Å². The molecule has 0 fully saturated rings. The summed E-state index contributed by atoms with van der Waals surface area (Å²) in [7, 11) is 0. The topological polar surface area (TPSA) is 46.9 Å². The van der Waals surface area contributed by atoms with Crippen molar-refractivity contribution < 1.29 is 4.79 Å². The lowest BCUT2D eigenvalue weighted by atomic mass is 10.1. The Morgan fingerprint density at radius 1 is 1.15 bits per heavy atom. The van der Waals surface area contributed by atoms with Crippen LogP contribution in [0.25, 0.3) is 5.69 Å². The first kappa shape index (κ1) is 18.6. The van der Waals surface area contributed by atoms with Crippen molar-refractivity contribution in [1.82, 2.24) is 9.55 Å². The number of thioether (sulfide) groups is 2. The summed E-state index contributed by atoms with van der Waals surface area (Å²) in [5.74, 6) is 0.272. The minimum absolute atomic E-state index is 0.0394. The van der Waals surface area contributed by atoms with Crippen LogP contribution in [0.4, 0.5) is 5.69 Å². The third kappa shape index (κ3) is 4.51. The zero-order valence-corrected chi connectivity index (χ0v) is 16.7. The molecule has 0 radical (unpaired) electrons. The minimum atomic E-state index is -0.0394. The van der Waals surface area contributed by atoms with E-state index in [1.54, 1.807) is 18.0 Å². The van der Waals surface area contributed by atoms with E-state index < -0.39 is 0 Å². The summed E-state index contributed by atoms with van der Waals surface area (Å²) in [6.45, 7) is 4.15. The van der Waals surface area contributed by atoms with Crippen molar-refractivity contribution in [3.63, 3.8) is 0 Å². The number of carbonyl (C=O) groups excluding carboxylic acids is 1. The van der Waals surface area contributed by atoms with E-state index in [0.29, 0.717) is 5.75 Å². The van der Waals surface area contributed by atoms with Crippen molar-refractivity contribution >= 4 is 35.1 Å². The Kier molecular flexibility index (Phi) is 6.06. The Morgan fingerprint density at radius 2 is 1.92 bits per heavy atom. The molecule has 1 N–H and O–H groups in total. The van der Waals surface area contributed by atoms with E-state index in [4.69, 9.17) is 0 Å². The summed E-state index contributed by atoms with van der Waals surface area (Å²) in [4.78, 5) is 17.8. The molecule has 3 rings (SSSR count). The fraction of sp³-hybridized carbons (Fsp3) is 0.200. The Bertz CT molecular complexity index is 904. The van der Waals surface area contributed by atoms with Gasteiger partial charge in [0.2, 0.25) is 5.91 Å². The van der Waals surface area contributed by atoms with Gasteiger partial charge in [0.05, 0.1) is 11.4 Å². The Hall–Kier alpha value is -2.18. The SMILES string of the molecule is CSc1ccc(NC(=O)CSc2nccn2-c2cc(C)ccc2C)cc1. The average molecular weight is 384 g/mol. The predicted molar refractivity (Wildman–Crippen MR) is 111 cm³/mol. The highest BCUT2D eigenvalue weighted by Gasteiger charge is 2.11. The fourth-order valence-electron chi connectivity index (χ4n) is 2.56. The van der Waals surface area contributed by atoms with E-state index in [1.807, 2.05) is 41.3 Å². The van der Waals surface area contributed by atoms with E-state index in [-0.39, 0.29) is 5.91 Å². The molecule has 6 heteroatoms. The molecule has 4 nitrogen and oxygen atoms in total. The number of aromatic nitrogens is 2. The van der Waals surface area contributed by atoms with Crippen LogP contribution >= 0.6 is 23.5 Å². The molecule has 0 aliphatic rings. The van der Waals surface area contributed by atoms with Crippen LogP contribution in [0.1, 0.15) is 11.1 Å².